The second kappa shape index (κ2) is 7.67. The molecule has 0 spiro atoms. The van der Waals surface area contributed by atoms with Crippen LogP contribution < -0.4 is 10.6 Å². The van der Waals surface area contributed by atoms with Crippen molar-refractivity contribution in [3.63, 3.8) is 0 Å². The summed E-state index contributed by atoms with van der Waals surface area (Å²) in [5, 5.41) is 7.29. The fraction of sp³-hybridized carbons (Fsp3) is 0.188. The smallest absolute Gasteiger partial charge is 0.262 e. The van der Waals surface area contributed by atoms with Crippen molar-refractivity contribution in [2.24, 2.45) is 10.9 Å². The second-order valence-electron chi connectivity index (χ2n) is 5.15. The maximum atomic E-state index is 12.1. The number of carbonyl (C=O) groups excluding carboxylic acids is 3. The third kappa shape index (κ3) is 4.48. The number of allylic oxidation sites excluding steroid dienone is 1. The van der Waals surface area contributed by atoms with Crippen molar-refractivity contribution >= 4 is 40.4 Å². The summed E-state index contributed by atoms with van der Waals surface area (Å²) in [6.07, 6.45) is 5.98. The molecule has 25 heavy (non-hydrogen) atoms. The first kappa shape index (κ1) is 16.8. The monoisotopic (exact) mass is 358 g/mol. The molecule has 9 heteroatoms. The highest BCUT2D eigenvalue weighted by Gasteiger charge is 2.25. The lowest BCUT2D eigenvalue weighted by molar-refractivity contribution is -0.128. The Labute approximate surface area is 146 Å². The number of rotatable bonds is 6. The van der Waals surface area contributed by atoms with Crippen molar-refractivity contribution in [2.75, 3.05) is 5.32 Å². The van der Waals surface area contributed by atoms with Crippen molar-refractivity contribution in [3.05, 3.63) is 47.4 Å². The van der Waals surface area contributed by atoms with Gasteiger partial charge in [0.05, 0.1) is 24.9 Å². The number of hydrogen-bond donors (Lipinski definition) is 2. The molecule has 1 aliphatic rings. The van der Waals surface area contributed by atoms with Gasteiger partial charge in [-0.2, -0.15) is 0 Å². The number of nitrogens with zero attached hydrogens (tertiary/aromatic N) is 2. The molecule has 0 aliphatic carbocycles. The van der Waals surface area contributed by atoms with E-state index < -0.39 is 17.7 Å². The number of hydrogen-bond acceptors (Lipinski definition) is 6. The summed E-state index contributed by atoms with van der Waals surface area (Å²) < 4.78 is 5.13. The molecule has 1 atom stereocenters. The van der Waals surface area contributed by atoms with Crippen LogP contribution in [0.1, 0.15) is 11.5 Å². The lowest BCUT2D eigenvalue weighted by atomic mass is 10.1. The summed E-state index contributed by atoms with van der Waals surface area (Å²) >= 11 is 1.19. The molecule has 0 fully saturated rings. The molecule has 0 saturated carbocycles. The topological polar surface area (TPSA) is 114 Å². The molecule has 2 aromatic rings. The standard InChI is InChI=1S/C16H14N4O4S/c21-13(18-8-11-3-2-6-24-11)7-10-9-25-16(19-10)20-15(23)12-4-1-5-17-14(12)22/h1-6,9,12H,7-8H2,(H,18,21)(H,19,20,23). The van der Waals surface area contributed by atoms with Gasteiger partial charge in [-0.1, -0.05) is 6.08 Å². The number of aliphatic imine (C=N–C) groups is 1. The summed E-state index contributed by atoms with van der Waals surface area (Å²) in [5.74, 6) is -1.52. The van der Waals surface area contributed by atoms with E-state index in [-0.39, 0.29) is 12.3 Å². The average Bonchev–Trinajstić information content (AvgIpc) is 3.25. The minimum atomic E-state index is -0.950. The number of furan rings is 1. The van der Waals surface area contributed by atoms with Gasteiger partial charge in [-0.25, -0.2) is 9.98 Å². The Morgan fingerprint density at radius 2 is 2.24 bits per heavy atom. The van der Waals surface area contributed by atoms with E-state index in [2.05, 4.69) is 20.6 Å². The Morgan fingerprint density at radius 1 is 1.36 bits per heavy atom. The molecule has 0 radical (unpaired) electrons. The predicted molar refractivity (Wildman–Crippen MR) is 91.1 cm³/mol. The summed E-state index contributed by atoms with van der Waals surface area (Å²) in [6, 6.07) is 3.51. The third-order valence-electron chi connectivity index (χ3n) is 3.30. The Bertz CT molecular complexity index is 838. The van der Waals surface area contributed by atoms with Crippen molar-refractivity contribution in [1.82, 2.24) is 10.3 Å². The van der Waals surface area contributed by atoms with Gasteiger partial charge in [-0.3, -0.25) is 14.4 Å². The Balaban J connectivity index is 1.51. The number of aromatic nitrogens is 1. The molecular formula is C16H14N4O4S. The van der Waals surface area contributed by atoms with Gasteiger partial charge in [-0.05, 0) is 18.2 Å². The van der Waals surface area contributed by atoms with Gasteiger partial charge in [0.25, 0.3) is 5.91 Å². The zero-order valence-corrected chi connectivity index (χ0v) is 13.8. The molecule has 2 aromatic heterocycles. The molecule has 0 saturated heterocycles. The minimum absolute atomic E-state index is 0.0830. The zero-order chi connectivity index (χ0) is 17.6. The fourth-order valence-corrected chi connectivity index (χ4v) is 2.81. The summed E-state index contributed by atoms with van der Waals surface area (Å²) in [5.41, 5.74) is 0.528. The third-order valence-corrected chi connectivity index (χ3v) is 4.11. The highest BCUT2D eigenvalue weighted by molar-refractivity contribution is 7.14. The quantitative estimate of drug-likeness (QED) is 0.756. The van der Waals surface area contributed by atoms with Crippen molar-refractivity contribution in [1.29, 1.82) is 0 Å². The molecule has 3 heterocycles. The second-order valence-corrected chi connectivity index (χ2v) is 6.00. The molecular weight excluding hydrogens is 344 g/mol. The van der Waals surface area contributed by atoms with Crippen LogP contribution in [0.3, 0.4) is 0 Å². The first-order valence-electron chi connectivity index (χ1n) is 7.41. The van der Waals surface area contributed by atoms with Crippen LogP contribution in [0.4, 0.5) is 5.13 Å². The van der Waals surface area contributed by atoms with Gasteiger partial charge in [0, 0.05) is 11.6 Å². The number of nitrogens with one attached hydrogen (secondary N) is 2. The molecule has 1 unspecified atom stereocenters. The van der Waals surface area contributed by atoms with Gasteiger partial charge < -0.3 is 15.1 Å². The van der Waals surface area contributed by atoms with E-state index in [4.69, 9.17) is 4.42 Å². The highest BCUT2D eigenvalue weighted by atomic mass is 32.1. The number of dihydropyridines is 1. The maximum Gasteiger partial charge on any atom is 0.262 e. The van der Waals surface area contributed by atoms with Crippen LogP contribution >= 0.6 is 11.3 Å². The number of thiazole rings is 1. The molecule has 3 amide bonds. The van der Waals surface area contributed by atoms with Crippen molar-refractivity contribution in [2.45, 2.75) is 13.0 Å². The lowest BCUT2D eigenvalue weighted by Crippen LogP contribution is -2.28. The van der Waals surface area contributed by atoms with Gasteiger partial charge in [0.2, 0.25) is 11.8 Å². The fourth-order valence-electron chi connectivity index (χ4n) is 2.09. The SMILES string of the molecule is O=C(Cc1csc(NC(=O)C2C=CC=NC2=O)n1)NCc1ccco1. The van der Waals surface area contributed by atoms with Crippen LogP contribution in [0.15, 0.2) is 45.3 Å². The van der Waals surface area contributed by atoms with E-state index in [0.717, 1.165) is 0 Å². The van der Waals surface area contributed by atoms with E-state index in [1.807, 2.05) is 0 Å². The first-order chi connectivity index (χ1) is 12.1. The summed E-state index contributed by atoms with van der Waals surface area (Å²) in [7, 11) is 0. The van der Waals surface area contributed by atoms with Crippen molar-refractivity contribution in [3.8, 4) is 0 Å². The van der Waals surface area contributed by atoms with Gasteiger partial charge in [0.1, 0.15) is 11.7 Å². The van der Waals surface area contributed by atoms with Gasteiger partial charge in [0.15, 0.2) is 5.13 Å². The minimum Gasteiger partial charge on any atom is -0.467 e. The molecule has 0 aromatic carbocycles. The van der Waals surface area contributed by atoms with Crippen LogP contribution in [0.5, 0.6) is 0 Å². The Kier molecular flexibility index (Phi) is 5.14. The van der Waals surface area contributed by atoms with E-state index >= 15 is 0 Å². The van der Waals surface area contributed by atoms with E-state index in [1.54, 1.807) is 23.6 Å². The highest BCUT2D eigenvalue weighted by Crippen LogP contribution is 2.18. The number of anilines is 1. The maximum absolute atomic E-state index is 12.1. The number of carbonyl (C=O) groups is 3. The van der Waals surface area contributed by atoms with Gasteiger partial charge >= 0.3 is 0 Å². The van der Waals surface area contributed by atoms with Crippen LogP contribution in [-0.4, -0.2) is 28.9 Å². The van der Waals surface area contributed by atoms with Crippen molar-refractivity contribution < 1.29 is 18.8 Å². The normalized spacial score (nSPS) is 16.0. The van der Waals surface area contributed by atoms with Crippen LogP contribution in [0, 0.1) is 5.92 Å². The van der Waals surface area contributed by atoms with Crippen LogP contribution in [-0.2, 0) is 27.3 Å². The molecule has 1 aliphatic heterocycles. The van der Waals surface area contributed by atoms with E-state index in [0.29, 0.717) is 23.1 Å². The zero-order valence-electron chi connectivity index (χ0n) is 13.0. The predicted octanol–water partition coefficient (Wildman–Crippen LogP) is 1.32. The Morgan fingerprint density at radius 3 is 3.00 bits per heavy atom. The molecule has 2 N–H and O–H groups in total. The molecule has 3 rings (SSSR count). The van der Waals surface area contributed by atoms with E-state index in [1.165, 1.54) is 29.9 Å². The lowest BCUT2D eigenvalue weighted by Gasteiger charge is -2.09. The average molecular weight is 358 g/mol. The van der Waals surface area contributed by atoms with Gasteiger partial charge in [-0.15, -0.1) is 11.3 Å². The molecule has 0 bridgehead atoms. The molecule has 8 nitrogen and oxygen atoms in total. The number of amides is 3. The van der Waals surface area contributed by atoms with Crippen LogP contribution in [0.2, 0.25) is 0 Å². The summed E-state index contributed by atoms with van der Waals surface area (Å²) in [6.45, 7) is 0.302. The van der Waals surface area contributed by atoms with Crippen LogP contribution in [0.25, 0.3) is 0 Å². The summed E-state index contributed by atoms with van der Waals surface area (Å²) in [4.78, 5) is 43.3. The first-order valence-corrected chi connectivity index (χ1v) is 8.29. The largest absolute Gasteiger partial charge is 0.467 e. The van der Waals surface area contributed by atoms with E-state index in [9.17, 15) is 14.4 Å². The molecule has 128 valence electrons. The Hall–Kier alpha value is -3.07.